The molecule has 3 rings (SSSR count). The summed E-state index contributed by atoms with van der Waals surface area (Å²) in [5.74, 6) is 0. The molecule has 0 spiro atoms. The molecule has 1 aliphatic heterocycles. The number of pyridine rings is 1. The maximum atomic E-state index is 4.62. The first-order chi connectivity index (χ1) is 10.6. The molecule has 0 aliphatic carbocycles. The number of aryl methyl sites for hydroxylation is 2. The fourth-order valence-electron chi connectivity index (χ4n) is 2.85. The van der Waals surface area contributed by atoms with Crippen LogP contribution in [0.1, 0.15) is 23.2 Å². The molecule has 2 heterocycles. The highest BCUT2D eigenvalue weighted by atomic mass is 15.6. The number of nitrogens with zero attached hydrogens (tertiary/aromatic N) is 3. The fraction of sp³-hybridized carbons (Fsp3) is 0.316. The molecule has 0 atom stereocenters. The Morgan fingerprint density at radius 2 is 2.00 bits per heavy atom. The predicted octanol–water partition coefficient (Wildman–Crippen LogP) is 4.24. The van der Waals surface area contributed by atoms with Crippen LogP contribution >= 0.6 is 0 Å². The van der Waals surface area contributed by atoms with E-state index >= 15 is 0 Å². The van der Waals surface area contributed by atoms with Gasteiger partial charge in [-0.05, 0) is 49.9 Å². The van der Waals surface area contributed by atoms with Crippen LogP contribution < -0.4 is 5.01 Å². The maximum Gasteiger partial charge on any atom is 0.0791 e. The Labute approximate surface area is 132 Å². The van der Waals surface area contributed by atoms with Gasteiger partial charge in [0, 0.05) is 31.0 Å². The van der Waals surface area contributed by atoms with Crippen LogP contribution in [0.3, 0.4) is 0 Å². The molecule has 3 nitrogen and oxygen atoms in total. The minimum atomic E-state index is 1.03. The molecule has 0 bridgehead atoms. The Bertz CT molecular complexity index is 702. The third-order valence-electron chi connectivity index (χ3n) is 4.53. The number of anilines is 1. The quantitative estimate of drug-likeness (QED) is 0.840. The van der Waals surface area contributed by atoms with Crippen LogP contribution in [-0.2, 0) is 0 Å². The molecule has 114 valence electrons. The normalized spacial score (nSPS) is 14.5. The standard InChI is InChI=1S/C19H23N3/c1-5-22(21-10-7-11-21)19-12-17(13-20-16(19)4)18-9-6-8-14(2)15(18)3/h5-6,8-9,12-13H,1,7,10-11H2,2-4H3. The van der Waals surface area contributed by atoms with Crippen molar-refractivity contribution in [2.45, 2.75) is 27.2 Å². The summed E-state index contributed by atoms with van der Waals surface area (Å²) in [7, 11) is 0. The lowest BCUT2D eigenvalue weighted by Gasteiger charge is -2.40. The Balaban J connectivity index is 2.06. The van der Waals surface area contributed by atoms with Crippen molar-refractivity contribution in [3.05, 3.63) is 60.1 Å². The van der Waals surface area contributed by atoms with Crippen LogP contribution in [0.15, 0.2) is 43.2 Å². The van der Waals surface area contributed by atoms with Crippen molar-refractivity contribution in [3.63, 3.8) is 0 Å². The van der Waals surface area contributed by atoms with E-state index in [0.717, 1.165) is 30.0 Å². The van der Waals surface area contributed by atoms with E-state index in [1.54, 1.807) is 0 Å². The van der Waals surface area contributed by atoms with Crippen molar-refractivity contribution >= 4 is 5.69 Å². The molecule has 0 amide bonds. The van der Waals surface area contributed by atoms with E-state index in [0.29, 0.717) is 0 Å². The van der Waals surface area contributed by atoms with E-state index in [1.807, 2.05) is 12.4 Å². The van der Waals surface area contributed by atoms with Crippen molar-refractivity contribution in [3.8, 4) is 11.1 Å². The summed E-state index contributed by atoms with van der Waals surface area (Å²) in [6.07, 6.45) is 5.10. The number of hydrogen-bond acceptors (Lipinski definition) is 3. The molecule has 2 aromatic rings. The highest BCUT2D eigenvalue weighted by molar-refractivity contribution is 5.72. The van der Waals surface area contributed by atoms with Crippen molar-refractivity contribution in [2.24, 2.45) is 0 Å². The van der Waals surface area contributed by atoms with E-state index in [9.17, 15) is 0 Å². The lowest BCUT2D eigenvalue weighted by atomic mass is 9.98. The minimum absolute atomic E-state index is 1.03. The van der Waals surface area contributed by atoms with Crippen molar-refractivity contribution in [2.75, 3.05) is 18.1 Å². The van der Waals surface area contributed by atoms with E-state index in [1.165, 1.54) is 23.1 Å². The first kappa shape index (κ1) is 14.8. The molecule has 1 saturated heterocycles. The van der Waals surface area contributed by atoms with Gasteiger partial charge in [-0.2, -0.15) is 0 Å². The van der Waals surface area contributed by atoms with Gasteiger partial charge in [0.05, 0.1) is 11.4 Å². The second-order valence-electron chi connectivity index (χ2n) is 5.91. The van der Waals surface area contributed by atoms with E-state index in [2.05, 4.69) is 66.6 Å². The Morgan fingerprint density at radius 1 is 1.23 bits per heavy atom. The Kier molecular flexibility index (Phi) is 3.99. The molecule has 22 heavy (non-hydrogen) atoms. The lowest BCUT2D eigenvalue weighted by molar-refractivity contribution is 0.180. The van der Waals surface area contributed by atoms with Crippen molar-refractivity contribution in [1.82, 2.24) is 9.99 Å². The summed E-state index contributed by atoms with van der Waals surface area (Å²) in [6, 6.07) is 8.65. The van der Waals surface area contributed by atoms with Crippen LogP contribution in [0.2, 0.25) is 0 Å². The van der Waals surface area contributed by atoms with Gasteiger partial charge in [0.1, 0.15) is 0 Å². The average Bonchev–Trinajstić information content (AvgIpc) is 2.47. The first-order valence-electron chi connectivity index (χ1n) is 7.81. The molecule has 0 N–H and O–H groups in total. The molecule has 3 heteroatoms. The van der Waals surface area contributed by atoms with Gasteiger partial charge < -0.3 is 0 Å². The Morgan fingerprint density at radius 3 is 2.64 bits per heavy atom. The number of hydrogen-bond donors (Lipinski definition) is 0. The van der Waals surface area contributed by atoms with Gasteiger partial charge in [-0.25, -0.2) is 5.01 Å². The third kappa shape index (κ3) is 2.53. The summed E-state index contributed by atoms with van der Waals surface area (Å²) >= 11 is 0. The summed E-state index contributed by atoms with van der Waals surface area (Å²) in [6.45, 7) is 12.5. The van der Waals surface area contributed by atoms with Gasteiger partial charge in [-0.3, -0.25) is 9.99 Å². The SMILES string of the molecule is C=CN(c1cc(-c2cccc(C)c2C)cnc1C)N1CCC1. The van der Waals surface area contributed by atoms with E-state index < -0.39 is 0 Å². The molecule has 0 unspecified atom stereocenters. The molecule has 0 saturated carbocycles. The molecule has 1 aromatic carbocycles. The van der Waals surface area contributed by atoms with Crippen molar-refractivity contribution < 1.29 is 0 Å². The summed E-state index contributed by atoms with van der Waals surface area (Å²) in [5, 5.41) is 4.43. The zero-order valence-corrected chi connectivity index (χ0v) is 13.6. The van der Waals surface area contributed by atoms with E-state index in [-0.39, 0.29) is 0 Å². The smallest absolute Gasteiger partial charge is 0.0791 e. The van der Waals surface area contributed by atoms with Gasteiger partial charge >= 0.3 is 0 Å². The molecule has 1 aliphatic rings. The molecule has 0 radical (unpaired) electrons. The molecule has 1 aromatic heterocycles. The largest absolute Gasteiger partial charge is 0.280 e. The number of rotatable bonds is 4. The average molecular weight is 293 g/mol. The van der Waals surface area contributed by atoms with Crippen LogP contribution in [0, 0.1) is 20.8 Å². The highest BCUT2D eigenvalue weighted by Gasteiger charge is 2.22. The minimum Gasteiger partial charge on any atom is -0.280 e. The lowest BCUT2D eigenvalue weighted by Crippen LogP contribution is -2.48. The number of hydrazine groups is 1. The second kappa shape index (κ2) is 5.93. The number of benzene rings is 1. The van der Waals surface area contributed by atoms with Gasteiger partial charge in [-0.15, -0.1) is 0 Å². The monoisotopic (exact) mass is 293 g/mol. The maximum absolute atomic E-state index is 4.62. The van der Waals surface area contributed by atoms with Gasteiger partial charge in [0.25, 0.3) is 0 Å². The van der Waals surface area contributed by atoms with Crippen molar-refractivity contribution in [1.29, 1.82) is 0 Å². The van der Waals surface area contributed by atoms with Gasteiger partial charge in [-0.1, -0.05) is 24.8 Å². The fourth-order valence-corrected chi connectivity index (χ4v) is 2.85. The number of aromatic nitrogens is 1. The van der Waals surface area contributed by atoms with Crippen LogP contribution in [-0.4, -0.2) is 23.1 Å². The van der Waals surface area contributed by atoms with Gasteiger partial charge in [0.15, 0.2) is 0 Å². The molecular formula is C19H23N3. The summed E-state index contributed by atoms with van der Waals surface area (Å²) in [4.78, 5) is 4.62. The topological polar surface area (TPSA) is 19.4 Å². The zero-order chi connectivity index (χ0) is 15.7. The summed E-state index contributed by atoms with van der Waals surface area (Å²) < 4.78 is 0. The van der Waals surface area contributed by atoms with Gasteiger partial charge in [0.2, 0.25) is 0 Å². The molecule has 1 fully saturated rings. The second-order valence-corrected chi connectivity index (χ2v) is 5.91. The predicted molar refractivity (Wildman–Crippen MR) is 92.8 cm³/mol. The highest BCUT2D eigenvalue weighted by Crippen LogP contribution is 2.31. The van der Waals surface area contributed by atoms with Crippen LogP contribution in [0.25, 0.3) is 11.1 Å². The molecular weight excluding hydrogens is 270 g/mol. The van der Waals surface area contributed by atoms with E-state index in [4.69, 9.17) is 0 Å². The Hall–Kier alpha value is -2.13. The third-order valence-corrected chi connectivity index (χ3v) is 4.53. The van der Waals surface area contributed by atoms with Crippen LogP contribution in [0.5, 0.6) is 0 Å². The van der Waals surface area contributed by atoms with Crippen LogP contribution in [0.4, 0.5) is 5.69 Å². The first-order valence-corrected chi connectivity index (χ1v) is 7.81. The zero-order valence-electron chi connectivity index (χ0n) is 13.6. The summed E-state index contributed by atoms with van der Waals surface area (Å²) in [5.41, 5.74) is 7.18.